The second-order valence-electron chi connectivity index (χ2n) is 9.45. The number of ketones is 2. The summed E-state index contributed by atoms with van der Waals surface area (Å²) >= 11 is 0. The molecule has 2 rings (SSSR count). The molecule has 0 spiro atoms. The molecule has 1 aliphatic heterocycles. The minimum atomic E-state index is -0.705. The molecule has 0 unspecified atom stereocenters. The number of aryl methyl sites for hydroxylation is 1. The smallest absolute Gasteiger partial charge is 0.242 e. The van der Waals surface area contributed by atoms with Crippen LogP contribution >= 0.6 is 0 Å². The van der Waals surface area contributed by atoms with Gasteiger partial charge in [0.25, 0.3) is 0 Å². The quantitative estimate of drug-likeness (QED) is 0.363. The zero-order valence-electron chi connectivity index (χ0n) is 21.2. The van der Waals surface area contributed by atoms with E-state index in [9.17, 15) is 24.0 Å². The number of nitrogens with one attached hydrogen (secondary N) is 3. The number of nitrogens with two attached hydrogens (primary N) is 1. The van der Waals surface area contributed by atoms with E-state index >= 15 is 0 Å². The van der Waals surface area contributed by atoms with Crippen LogP contribution in [0.15, 0.2) is 30.3 Å². The van der Waals surface area contributed by atoms with Gasteiger partial charge in [0, 0.05) is 45.2 Å². The molecule has 3 amide bonds. The maximum atomic E-state index is 13.1. The van der Waals surface area contributed by atoms with E-state index in [1.54, 1.807) is 0 Å². The van der Waals surface area contributed by atoms with Gasteiger partial charge in [0.05, 0.1) is 6.04 Å². The Bertz CT molecular complexity index is 889. The summed E-state index contributed by atoms with van der Waals surface area (Å²) in [7, 11) is 0. The van der Waals surface area contributed by atoms with Gasteiger partial charge in [-0.05, 0) is 50.5 Å². The van der Waals surface area contributed by atoms with Crippen LogP contribution in [0.4, 0.5) is 0 Å². The highest BCUT2D eigenvalue weighted by atomic mass is 16.2. The van der Waals surface area contributed by atoms with E-state index in [1.807, 2.05) is 30.3 Å². The number of carbonyl (C=O) groups is 5. The van der Waals surface area contributed by atoms with Crippen LogP contribution in [0, 0.1) is 5.92 Å². The molecular weight excluding hydrogens is 460 g/mol. The highest BCUT2D eigenvalue weighted by Gasteiger charge is 2.28. The first-order valence-electron chi connectivity index (χ1n) is 12.9. The summed E-state index contributed by atoms with van der Waals surface area (Å²) in [6.07, 6.45) is 4.26. The minimum Gasteiger partial charge on any atom is -0.354 e. The van der Waals surface area contributed by atoms with E-state index < -0.39 is 18.0 Å². The summed E-state index contributed by atoms with van der Waals surface area (Å²) in [5.41, 5.74) is 6.58. The lowest BCUT2D eigenvalue weighted by Gasteiger charge is -2.21. The largest absolute Gasteiger partial charge is 0.354 e. The fourth-order valence-electron chi connectivity index (χ4n) is 4.51. The minimum absolute atomic E-state index is 0.0180. The van der Waals surface area contributed by atoms with Crippen LogP contribution in [0.2, 0.25) is 0 Å². The highest BCUT2D eigenvalue weighted by Crippen LogP contribution is 2.20. The molecule has 3 atom stereocenters. The Morgan fingerprint density at radius 1 is 1.11 bits per heavy atom. The first-order chi connectivity index (χ1) is 17.3. The molecule has 5 N–H and O–H groups in total. The van der Waals surface area contributed by atoms with Gasteiger partial charge in [-0.25, -0.2) is 0 Å². The topological polar surface area (TPSA) is 147 Å². The normalized spacial score (nSPS) is 19.9. The Balaban J connectivity index is 1.96. The number of rotatable bonds is 11. The van der Waals surface area contributed by atoms with Crippen molar-refractivity contribution < 1.29 is 24.0 Å². The second kappa shape index (κ2) is 15.8. The number of amides is 3. The van der Waals surface area contributed by atoms with Crippen LogP contribution in [-0.2, 0) is 30.4 Å². The molecule has 1 aromatic rings. The van der Waals surface area contributed by atoms with Gasteiger partial charge in [-0.15, -0.1) is 0 Å². The Kier molecular flexibility index (Phi) is 12.8. The van der Waals surface area contributed by atoms with Gasteiger partial charge in [0.1, 0.15) is 11.8 Å². The third-order valence-corrected chi connectivity index (χ3v) is 6.44. The Labute approximate surface area is 213 Å². The molecule has 0 bridgehead atoms. The molecule has 0 aromatic heterocycles. The van der Waals surface area contributed by atoms with Gasteiger partial charge in [-0.2, -0.15) is 0 Å². The van der Waals surface area contributed by atoms with E-state index in [2.05, 4.69) is 16.0 Å². The molecule has 9 nitrogen and oxygen atoms in total. The summed E-state index contributed by atoms with van der Waals surface area (Å²) in [4.78, 5) is 62.3. The van der Waals surface area contributed by atoms with Gasteiger partial charge in [0.15, 0.2) is 5.78 Å². The molecule has 9 heteroatoms. The Hall–Kier alpha value is -3.07. The number of hydrogen-bond donors (Lipinski definition) is 4. The molecule has 1 aromatic carbocycles. The highest BCUT2D eigenvalue weighted by molar-refractivity contribution is 5.93. The van der Waals surface area contributed by atoms with Crippen LogP contribution in [0.5, 0.6) is 0 Å². The molecule has 1 fully saturated rings. The lowest BCUT2D eigenvalue weighted by molar-refractivity contribution is -0.131. The van der Waals surface area contributed by atoms with Crippen molar-refractivity contribution in [3.8, 4) is 0 Å². The van der Waals surface area contributed by atoms with E-state index in [0.29, 0.717) is 38.6 Å². The van der Waals surface area contributed by atoms with Crippen molar-refractivity contribution in [1.82, 2.24) is 16.0 Å². The van der Waals surface area contributed by atoms with Gasteiger partial charge in [-0.3, -0.25) is 24.0 Å². The molecule has 198 valence electrons. The van der Waals surface area contributed by atoms with Crippen molar-refractivity contribution in [2.24, 2.45) is 11.7 Å². The molecule has 0 radical (unpaired) electrons. The maximum absolute atomic E-state index is 13.1. The zero-order valence-corrected chi connectivity index (χ0v) is 21.2. The first kappa shape index (κ1) is 29.2. The van der Waals surface area contributed by atoms with Crippen LogP contribution in [0.3, 0.4) is 0 Å². The van der Waals surface area contributed by atoms with Gasteiger partial charge < -0.3 is 21.7 Å². The SMILES string of the molecule is CC(=O)N[C@@H](CCCc1ccccc1)C(=O)C[C@H]1CCCNC(=O)[C@H](NC(=O)CCN)CCCC1=O. The Morgan fingerprint density at radius 3 is 2.56 bits per heavy atom. The first-order valence-corrected chi connectivity index (χ1v) is 12.9. The summed E-state index contributed by atoms with van der Waals surface area (Å²) < 4.78 is 0. The van der Waals surface area contributed by atoms with Crippen molar-refractivity contribution >= 4 is 29.3 Å². The van der Waals surface area contributed by atoms with E-state index in [1.165, 1.54) is 12.5 Å². The Morgan fingerprint density at radius 2 is 1.86 bits per heavy atom. The number of Topliss-reactive ketones (excluding diaryl/α,β-unsaturated/α-hetero) is 2. The standard InChI is InChI=1S/C27H40N4O5/c1-19(32)30-22(12-5-10-20-8-3-2-4-9-20)25(34)18-21-11-7-17-29-27(36)23(13-6-14-24(21)33)31-26(35)15-16-28/h2-4,8-9,21-23H,5-7,10-18,28H2,1H3,(H,29,36)(H,30,32)(H,31,35)/t21-,22+,23-/m1/s1. The summed E-state index contributed by atoms with van der Waals surface area (Å²) in [5, 5.41) is 8.28. The van der Waals surface area contributed by atoms with Crippen LogP contribution in [0.1, 0.15) is 70.3 Å². The third kappa shape index (κ3) is 10.7. The van der Waals surface area contributed by atoms with Crippen molar-refractivity contribution in [3.63, 3.8) is 0 Å². The molecule has 0 aliphatic carbocycles. The van der Waals surface area contributed by atoms with Crippen LogP contribution in [0.25, 0.3) is 0 Å². The van der Waals surface area contributed by atoms with E-state index in [0.717, 1.165) is 12.8 Å². The molecule has 1 saturated heterocycles. The van der Waals surface area contributed by atoms with Crippen molar-refractivity contribution in [2.75, 3.05) is 13.1 Å². The summed E-state index contributed by atoms with van der Waals surface area (Å²) in [5.74, 6) is -1.45. The molecule has 36 heavy (non-hydrogen) atoms. The van der Waals surface area contributed by atoms with Crippen molar-refractivity contribution in [1.29, 1.82) is 0 Å². The number of carbonyl (C=O) groups excluding carboxylic acids is 5. The summed E-state index contributed by atoms with van der Waals surface area (Å²) in [6, 6.07) is 8.63. The van der Waals surface area contributed by atoms with Crippen LogP contribution < -0.4 is 21.7 Å². The predicted molar refractivity (Wildman–Crippen MR) is 137 cm³/mol. The lowest BCUT2D eigenvalue weighted by Crippen LogP contribution is -2.47. The number of benzene rings is 1. The van der Waals surface area contributed by atoms with Gasteiger partial charge in [0.2, 0.25) is 17.7 Å². The average molecular weight is 501 g/mol. The fraction of sp³-hybridized carbons (Fsp3) is 0.593. The average Bonchev–Trinajstić information content (AvgIpc) is 2.86. The molecule has 1 heterocycles. The predicted octanol–water partition coefficient (Wildman–Crippen LogP) is 1.57. The van der Waals surface area contributed by atoms with Crippen molar-refractivity contribution in [3.05, 3.63) is 35.9 Å². The van der Waals surface area contributed by atoms with Crippen LogP contribution in [-0.4, -0.2) is 54.5 Å². The monoisotopic (exact) mass is 500 g/mol. The van der Waals surface area contributed by atoms with E-state index in [-0.39, 0.29) is 55.1 Å². The molecular formula is C27H40N4O5. The molecule has 0 saturated carbocycles. The maximum Gasteiger partial charge on any atom is 0.242 e. The molecule has 1 aliphatic rings. The third-order valence-electron chi connectivity index (χ3n) is 6.44. The van der Waals surface area contributed by atoms with E-state index in [4.69, 9.17) is 5.73 Å². The summed E-state index contributed by atoms with van der Waals surface area (Å²) in [6.45, 7) is 1.94. The zero-order chi connectivity index (χ0) is 26.3. The second-order valence-corrected chi connectivity index (χ2v) is 9.45. The fourth-order valence-corrected chi connectivity index (χ4v) is 4.51. The lowest BCUT2D eigenvalue weighted by atomic mass is 9.87. The van der Waals surface area contributed by atoms with Gasteiger partial charge in [-0.1, -0.05) is 30.3 Å². The van der Waals surface area contributed by atoms with Crippen molar-refractivity contribution in [2.45, 2.75) is 83.2 Å². The van der Waals surface area contributed by atoms with Gasteiger partial charge >= 0.3 is 0 Å². The number of hydrogen-bond acceptors (Lipinski definition) is 6.